The predicted octanol–water partition coefficient (Wildman–Crippen LogP) is 3.56. The summed E-state index contributed by atoms with van der Waals surface area (Å²) in [5, 5.41) is 3.74. The van der Waals surface area contributed by atoms with Crippen molar-refractivity contribution < 1.29 is 4.39 Å². The topological polar surface area (TPSA) is 12.0 Å². The van der Waals surface area contributed by atoms with Crippen LogP contribution < -0.4 is 5.32 Å². The summed E-state index contributed by atoms with van der Waals surface area (Å²) in [6.07, 6.45) is 4.80. The van der Waals surface area contributed by atoms with E-state index in [9.17, 15) is 4.39 Å². The number of benzene rings is 1. The first-order valence-corrected chi connectivity index (χ1v) is 8.06. The van der Waals surface area contributed by atoms with E-state index in [1.165, 1.54) is 24.3 Å². The molecule has 3 heteroatoms. The number of hydrogen-bond acceptors (Lipinski definition) is 2. The largest absolute Gasteiger partial charge is 0.311 e. The van der Waals surface area contributed by atoms with Crippen LogP contribution in [-0.4, -0.2) is 23.6 Å². The molecule has 1 N–H and O–H groups in total. The van der Waals surface area contributed by atoms with Gasteiger partial charge in [-0.15, -0.1) is 0 Å². The van der Waals surface area contributed by atoms with Gasteiger partial charge in [0.15, 0.2) is 0 Å². The Morgan fingerprint density at radius 2 is 1.78 bits per heavy atom. The summed E-state index contributed by atoms with van der Waals surface area (Å²) >= 11 is 2.06. The van der Waals surface area contributed by atoms with E-state index in [0.29, 0.717) is 18.0 Å². The van der Waals surface area contributed by atoms with Crippen molar-refractivity contribution in [1.29, 1.82) is 0 Å². The Hall–Kier alpha value is -0.540. The van der Waals surface area contributed by atoms with E-state index < -0.39 is 0 Å². The summed E-state index contributed by atoms with van der Waals surface area (Å²) in [7, 11) is 0. The molecule has 2 fully saturated rings. The molecule has 1 aromatic rings. The van der Waals surface area contributed by atoms with Gasteiger partial charge in [-0.25, -0.2) is 4.39 Å². The third kappa shape index (κ3) is 2.72. The van der Waals surface area contributed by atoms with E-state index in [0.717, 1.165) is 18.4 Å². The van der Waals surface area contributed by atoms with Crippen LogP contribution in [0, 0.1) is 5.82 Å². The van der Waals surface area contributed by atoms with Crippen molar-refractivity contribution in [1.82, 2.24) is 5.32 Å². The molecule has 1 saturated heterocycles. The monoisotopic (exact) mass is 265 g/mol. The fourth-order valence-electron chi connectivity index (χ4n) is 3.01. The second-order valence-electron chi connectivity index (χ2n) is 5.44. The van der Waals surface area contributed by atoms with Crippen LogP contribution in [0.5, 0.6) is 0 Å². The summed E-state index contributed by atoms with van der Waals surface area (Å²) in [5.41, 5.74) is 0.912. The van der Waals surface area contributed by atoms with Gasteiger partial charge in [0.2, 0.25) is 0 Å². The van der Waals surface area contributed by atoms with Crippen molar-refractivity contribution in [3.05, 3.63) is 35.6 Å². The molecule has 0 unspecified atom stereocenters. The molecule has 1 nitrogen and oxygen atoms in total. The van der Waals surface area contributed by atoms with Crippen LogP contribution >= 0.6 is 11.8 Å². The molecule has 1 aliphatic carbocycles. The molecule has 0 amide bonds. The standard InChI is InChI=1S/C15H20FNS/c16-15-4-2-1-3-14(15)11-9-13(10-11)17-12-5-7-18-8-6-12/h1-4,11-13,17H,5-10H2. The van der Waals surface area contributed by atoms with E-state index in [1.807, 2.05) is 12.1 Å². The minimum absolute atomic E-state index is 0.0324. The summed E-state index contributed by atoms with van der Waals surface area (Å²) < 4.78 is 13.6. The van der Waals surface area contributed by atoms with Crippen LogP contribution in [0.4, 0.5) is 4.39 Å². The molecule has 3 rings (SSSR count). The zero-order chi connectivity index (χ0) is 12.4. The van der Waals surface area contributed by atoms with E-state index in [1.54, 1.807) is 12.1 Å². The Morgan fingerprint density at radius 3 is 2.50 bits per heavy atom. The van der Waals surface area contributed by atoms with E-state index in [2.05, 4.69) is 17.1 Å². The summed E-state index contributed by atoms with van der Waals surface area (Å²) in [6, 6.07) is 8.55. The molecular formula is C15H20FNS. The third-order valence-electron chi connectivity index (χ3n) is 4.18. The number of halogens is 1. The minimum Gasteiger partial charge on any atom is -0.311 e. The van der Waals surface area contributed by atoms with Gasteiger partial charge in [-0.05, 0) is 54.7 Å². The van der Waals surface area contributed by atoms with Gasteiger partial charge in [0, 0.05) is 12.1 Å². The van der Waals surface area contributed by atoms with Crippen LogP contribution in [0.15, 0.2) is 24.3 Å². The van der Waals surface area contributed by atoms with Crippen molar-refractivity contribution in [3.63, 3.8) is 0 Å². The quantitative estimate of drug-likeness (QED) is 0.897. The lowest BCUT2D eigenvalue weighted by Crippen LogP contribution is -2.46. The minimum atomic E-state index is -0.0324. The zero-order valence-corrected chi connectivity index (χ0v) is 11.4. The average Bonchev–Trinajstić information content (AvgIpc) is 2.36. The highest BCUT2D eigenvalue weighted by Gasteiger charge is 2.33. The summed E-state index contributed by atoms with van der Waals surface area (Å²) in [6.45, 7) is 0. The fourth-order valence-corrected chi connectivity index (χ4v) is 4.12. The molecule has 1 aromatic carbocycles. The van der Waals surface area contributed by atoms with Crippen LogP contribution in [0.25, 0.3) is 0 Å². The zero-order valence-electron chi connectivity index (χ0n) is 10.6. The molecule has 0 bridgehead atoms. The van der Waals surface area contributed by atoms with Crippen molar-refractivity contribution >= 4 is 11.8 Å². The van der Waals surface area contributed by atoms with Crippen molar-refractivity contribution in [3.8, 4) is 0 Å². The smallest absolute Gasteiger partial charge is 0.126 e. The predicted molar refractivity (Wildman–Crippen MR) is 75.6 cm³/mol. The van der Waals surface area contributed by atoms with Crippen LogP contribution in [0.3, 0.4) is 0 Å². The second kappa shape index (κ2) is 5.62. The normalized spacial score (nSPS) is 28.9. The third-order valence-corrected chi connectivity index (χ3v) is 5.22. The maximum Gasteiger partial charge on any atom is 0.126 e. The van der Waals surface area contributed by atoms with Gasteiger partial charge in [0.1, 0.15) is 5.82 Å². The Labute approximate surface area is 113 Å². The van der Waals surface area contributed by atoms with Crippen LogP contribution in [0.2, 0.25) is 0 Å². The Bertz CT molecular complexity index is 397. The van der Waals surface area contributed by atoms with Gasteiger partial charge in [-0.1, -0.05) is 18.2 Å². The van der Waals surface area contributed by atoms with Crippen LogP contribution in [-0.2, 0) is 0 Å². The van der Waals surface area contributed by atoms with Gasteiger partial charge in [-0.3, -0.25) is 0 Å². The number of thioether (sulfide) groups is 1. The average molecular weight is 265 g/mol. The number of hydrogen-bond donors (Lipinski definition) is 1. The highest BCUT2D eigenvalue weighted by molar-refractivity contribution is 7.99. The molecule has 1 saturated carbocycles. The lowest BCUT2D eigenvalue weighted by atomic mass is 9.75. The van der Waals surface area contributed by atoms with Gasteiger partial charge in [0.05, 0.1) is 0 Å². The molecule has 1 heterocycles. The highest BCUT2D eigenvalue weighted by Crippen LogP contribution is 2.38. The molecule has 98 valence electrons. The Morgan fingerprint density at radius 1 is 1.06 bits per heavy atom. The Balaban J connectivity index is 1.49. The first-order chi connectivity index (χ1) is 8.83. The molecule has 0 atom stereocenters. The number of rotatable bonds is 3. The van der Waals surface area contributed by atoms with Crippen molar-refractivity contribution in [2.45, 2.75) is 43.7 Å². The molecule has 2 aliphatic rings. The molecule has 1 aliphatic heterocycles. The van der Waals surface area contributed by atoms with Crippen LogP contribution in [0.1, 0.15) is 37.2 Å². The molecule has 0 radical (unpaired) electrons. The first kappa shape index (κ1) is 12.5. The van der Waals surface area contributed by atoms with E-state index in [4.69, 9.17) is 0 Å². The maximum absolute atomic E-state index is 13.6. The van der Waals surface area contributed by atoms with Crippen molar-refractivity contribution in [2.75, 3.05) is 11.5 Å². The second-order valence-corrected chi connectivity index (χ2v) is 6.66. The first-order valence-electron chi connectivity index (χ1n) is 6.91. The Kier molecular flexibility index (Phi) is 3.90. The van der Waals surface area contributed by atoms with Crippen molar-refractivity contribution in [2.24, 2.45) is 0 Å². The van der Waals surface area contributed by atoms with Gasteiger partial charge < -0.3 is 5.32 Å². The lowest BCUT2D eigenvalue weighted by molar-refractivity contribution is 0.254. The maximum atomic E-state index is 13.6. The van der Waals surface area contributed by atoms with E-state index in [-0.39, 0.29) is 5.82 Å². The number of nitrogens with one attached hydrogen (secondary N) is 1. The lowest BCUT2D eigenvalue weighted by Gasteiger charge is -2.39. The highest BCUT2D eigenvalue weighted by atomic mass is 32.2. The molecule has 0 spiro atoms. The van der Waals surface area contributed by atoms with Gasteiger partial charge in [0.25, 0.3) is 0 Å². The summed E-state index contributed by atoms with van der Waals surface area (Å²) in [4.78, 5) is 0. The molecule has 18 heavy (non-hydrogen) atoms. The fraction of sp³-hybridized carbons (Fsp3) is 0.600. The molecule has 0 aromatic heterocycles. The molecular weight excluding hydrogens is 245 g/mol. The van der Waals surface area contributed by atoms with Gasteiger partial charge in [-0.2, -0.15) is 11.8 Å². The van der Waals surface area contributed by atoms with Gasteiger partial charge >= 0.3 is 0 Å². The summed E-state index contributed by atoms with van der Waals surface area (Å²) in [5.74, 6) is 2.99. The SMILES string of the molecule is Fc1ccccc1C1CC(NC2CCSCC2)C1. The van der Waals surface area contributed by atoms with E-state index >= 15 is 0 Å².